The predicted molar refractivity (Wildman–Crippen MR) is 64.3 cm³/mol. The number of oxime groups is 1. The van der Waals surface area contributed by atoms with Gasteiger partial charge in [0.05, 0.1) is 6.61 Å². The molecule has 0 bridgehead atoms. The summed E-state index contributed by atoms with van der Waals surface area (Å²) in [5.74, 6) is -0.138. The molecule has 10 heteroatoms. The van der Waals surface area contributed by atoms with Crippen molar-refractivity contribution in [1.82, 2.24) is 9.44 Å². The molecule has 0 rings (SSSR count). The zero-order chi connectivity index (χ0) is 14.4. The van der Waals surface area contributed by atoms with Crippen molar-refractivity contribution in [2.45, 2.75) is 20.8 Å². The molecule has 0 saturated heterocycles. The fourth-order valence-corrected chi connectivity index (χ4v) is 1.71. The summed E-state index contributed by atoms with van der Waals surface area (Å²) < 4.78 is 31.0. The van der Waals surface area contributed by atoms with Gasteiger partial charge in [-0.25, -0.2) is 9.52 Å². The van der Waals surface area contributed by atoms with E-state index in [-0.39, 0.29) is 19.0 Å². The molecule has 0 fully saturated rings. The first kappa shape index (κ1) is 16.4. The SMILES string of the molecule is CCOC(=O)NS(=O)(=O)NCC(C)(C)C(N)=NO. The lowest BCUT2D eigenvalue weighted by molar-refractivity contribution is 0.158. The second-order valence-electron chi connectivity index (χ2n) is 4.02. The second-order valence-corrected chi connectivity index (χ2v) is 5.52. The van der Waals surface area contributed by atoms with Crippen LogP contribution in [0.2, 0.25) is 0 Å². The summed E-state index contributed by atoms with van der Waals surface area (Å²) in [6.45, 7) is 4.57. The highest BCUT2D eigenvalue weighted by Gasteiger charge is 2.26. The average molecular weight is 282 g/mol. The van der Waals surface area contributed by atoms with Crippen LogP contribution in [0.4, 0.5) is 4.79 Å². The number of nitrogens with two attached hydrogens (primary N) is 1. The van der Waals surface area contributed by atoms with Crippen LogP contribution in [0.1, 0.15) is 20.8 Å². The Bertz CT molecular complexity index is 417. The highest BCUT2D eigenvalue weighted by Crippen LogP contribution is 2.13. The van der Waals surface area contributed by atoms with E-state index in [0.717, 1.165) is 0 Å². The number of amides is 1. The Balaban J connectivity index is 4.49. The van der Waals surface area contributed by atoms with Crippen molar-refractivity contribution in [2.75, 3.05) is 13.2 Å². The van der Waals surface area contributed by atoms with Crippen LogP contribution in [0.25, 0.3) is 0 Å². The lowest BCUT2D eigenvalue weighted by Gasteiger charge is -2.22. The van der Waals surface area contributed by atoms with Crippen LogP contribution in [0, 0.1) is 5.41 Å². The number of amidine groups is 1. The molecule has 0 aliphatic heterocycles. The minimum Gasteiger partial charge on any atom is -0.449 e. The number of carbonyl (C=O) groups excluding carboxylic acids is 1. The Hall–Kier alpha value is -1.55. The van der Waals surface area contributed by atoms with Crippen molar-refractivity contribution in [2.24, 2.45) is 16.3 Å². The summed E-state index contributed by atoms with van der Waals surface area (Å²) in [7, 11) is -4.04. The molecule has 0 aliphatic rings. The highest BCUT2D eigenvalue weighted by atomic mass is 32.2. The number of hydrogen-bond acceptors (Lipinski definition) is 6. The quantitative estimate of drug-likeness (QED) is 0.220. The van der Waals surface area contributed by atoms with Crippen LogP contribution in [0.5, 0.6) is 0 Å². The lowest BCUT2D eigenvalue weighted by atomic mass is 9.93. The first-order chi connectivity index (χ1) is 8.14. The largest absolute Gasteiger partial charge is 0.449 e. The molecule has 0 aromatic heterocycles. The molecule has 106 valence electrons. The van der Waals surface area contributed by atoms with Gasteiger partial charge in [-0.1, -0.05) is 19.0 Å². The third-order valence-corrected chi connectivity index (χ3v) is 2.96. The van der Waals surface area contributed by atoms with Crippen molar-refractivity contribution < 1.29 is 23.2 Å². The number of hydrogen-bond donors (Lipinski definition) is 4. The molecule has 0 heterocycles. The number of nitrogens with zero attached hydrogens (tertiary/aromatic N) is 1. The standard InChI is InChI=1S/C8H18N4O5S/c1-4-17-7(13)12-18(15,16)10-5-8(2,3)6(9)11-14/h10,14H,4-5H2,1-3H3,(H2,9,11)(H,12,13). The van der Waals surface area contributed by atoms with E-state index in [4.69, 9.17) is 10.9 Å². The highest BCUT2D eigenvalue weighted by molar-refractivity contribution is 7.88. The van der Waals surface area contributed by atoms with Crippen LogP contribution >= 0.6 is 0 Å². The zero-order valence-electron chi connectivity index (χ0n) is 10.4. The van der Waals surface area contributed by atoms with Gasteiger partial charge in [-0.2, -0.15) is 13.1 Å². The van der Waals surface area contributed by atoms with Gasteiger partial charge >= 0.3 is 16.3 Å². The molecule has 0 radical (unpaired) electrons. The molecule has 0 aromatic carbocycles. The van der Waals surface area contributed by atoms with Crippen molar-refractivity contribution >= 4 is 22.1 Å². The third-order valence-electron chi connectivity index (χ3n) is 2.00. The lowest BCUT2D eigenvalue weighted by Crippen LogP contribution is -2.47. The summed E-state index contributed by atoms with van der Waals surface area (Å²) in [5, 5.41) is 11.3. The van der Waals surface area contributed by atoms with E-state index < -0.39 is 21.7 Å². The molecule has 1 amide bonds. The topological polar surface area (TPSA) is 143 Å². The monoisotopic (exact) mass is 282 g/mol. The van der Waals surface area contributed by atoms with Crippen molar-refractivity contribution in [3.05, 3.63) is 0 Å². The van der Waals surface area contributed by atoms with Crippen molar-refractivity contribution in [1.29, 1.82) is 0 Å². The van der Waals surface area contributed by atoms with E-state index in [9.17, 15) is 13.2 Å². The second kappa shape index (κ2) is 6.40. The van der Waals surface area contributed by atoms with Gasteiger partial charge in [-0.15, -0.1) is 0 Å². The van der Waals surface area contributed by atoms with Gasteiger partial charge in [0.15, 0.2) is 0 Å². The molecule has 0 aromatic rings. The Morgan fingerprint density at radius 1 is 1.50 bits per heavy atom. The number of carbonyl (C=O) groups is 1. The molecular weight excluding hydrogens is 264 g/mol. The minimum absolute atomic E-state index is 0.0525. The van der Waals surface area contributed by atoms with Crippen LogP contribution in [0.15, 0.2) is 5.16 Å². The third kappa shape index (κ3) is 5.68. The fraction of sp³-hybridized carbons (Fsp3) is 0.750. The van der Waals surface area contributed by atoms with Gasteiger partial charge in [0.1, 0.15) is 5.84 Å². The molecule has 18 heavy (non-hydrogen) atoms. The molecule has 0 unspecified atom stereocenters. The molecular formula is C8H18N4O5S. The molecule has 5 N–H and O–H groups in total. The molecule has 0 spiro atoms. The van der Waals surface area contributed by atoms with E-state index >= 15 is 0 Å². The first-order valence-electron chi connectivity index (χ1n) is 5.07. The van der Waals surface area contributed by atoms with Gasteiger partial charge in [0.25, 0.3) is 0 Å². The minimum atomic E-state index is -4.04. The van der Waals surface area contributed by atoms with E-state index in [1.54, 1.807) is 25.5 Å². The van der Waals surface area contributed by atoms with E-state index in [0.29, 0.717) is 0 Å². The van der Waals surface area contributed by atoms with Gasteiger partial charge in [0, 0.05) is 12.0 Å². The molecule has 0 aliphatic carbocycles. The summed E-state index contributed by atoms with van der Waals surface area (Å²) in [4.78, 5) is 10.9. The predicted octanol–water partition coefficient (Wildman–Crippen LogP) is -0.660. The van der Waals surface area contributed by atoms with Crippen molar-refractivity contribution in [3.8, 4) is 0 Å². The molecule has 9 nitrogen and oxygen atoms in total. The van der Waals surface area contributed by atoms with Gasteiger partial charge in [-0.05, 0) is 6.92 Å². The van der Waals surface area contributed by atoms with Crippen molar-refractivity contribution in [3.63, 3.8) is 0 Å². The maximum Gasteiger partial charge on any atom is 0.421 e. The normalized spacial score (nSPS) is 13.2. The summed E-state index contributed by atoms with van der Waals surface area (Å²) >= 11 is 0. The van der Waals surface area contributed by atoms with Gasteiger partial charge < -0.3 is 15.7 Å². The Labute approximate surface area is 106 Å². The summed E-state index contributed by atoms with van der Waals surface area (Å²) in [5.41, 5.74) is 4.48. The van der Waals surface area contributed by atoms with Gasteiger partial charge in [0.2, 0.25) is 0 Å². The zero-order valence-corrected chi connectivity index (χ0v) is 11.2. The Morgan fingerprint density at radius 2 is 2.06 bits per heavy atom. The molecule has 0 saturated carbocycles. The number of nitrogens with one attached hydrogen (secondary N) is 2. The molecule has 0 atom stereocenters. The van der Waals surface area contributed by atoms with Crippen LogP contribution in [-0.2, 0) is 14.9 Å². The Morgan fingerprint density at radius 3 is 2.50 bits per heavy atom. The number of ether oxygens (including phenoxy) is 1. The smallest absolute Gasteiger partial charge is 0.421 e. The van der Waals surface area contributed by atoms with E-state index in [1.165, 1.54) is 0 Å². The summed E-state index contributed by atoms with van der Waals surface area (Å²) in [6.07, 6.45) is -1.08. The number of rotatable bonds is 6. The maximum absolute atomic E-state index is 11.4. The summed E-state index contributed by atoms with van der Waals surface area (Å²) in [6, 6.07) is 0. The Kier molecular flexibility index (Phi) is 5.85. The first-order valence-corrected chi connectivity index (χ1v) is 6.55. The van der Waals surface area contributed by atoms with E-state index in [1.807, 2.05) is 0 Å². The fourth-order valence-electron chi connectivity index (χ4n) is 0.808. The van der Waals surface area contributed by atoms with Crippen LogP contribution < -0.4 is 15.2 Å². The van der Waals surface area contributed by atoms with E-state index in [2.05, 4.69) is 14.6 Å². The van der Waals surface area contributed by atoms with Gasteiger partial charge in [-0.3, -0.25) is 0 Å². The van der Waals surface area contributed by atoms with Crippen LogP contribution in [-0.4, -0.2) is 38.7 Å². The average Bonchev–Trinajstić information content (AvgIpc) is 2.25. The van der Waals surface area contributed by atoms with Crippen LogP contribution in [0.3, 0.4) is 0 Å². The maximum atomic E-state index is 11.4.